The number of aliphatic hydroxyl groups is 2. The number of ether oxygens (including phenoxy) is 1. The van der Waals surface area contributed by atoms with E-state index < -0.39 is 38.2 Å². The molecule has 0 aliphatic carbocycles. The number of carbonyl (C=O) groups is 1. The van der Waals surface area contributed by atoms with E-state index in [1.807, 2.05) is 0 Å². The smallest absolute Gasteiger partial charge is 0.387 e. The number of hydrogen-bond donors (Lipinski definition) is 4. The van der Waals surface area contributed by atoms with E-state index in [0.29, 0.717) is 0 Å². The van der Waals surface area contributed by atoms with Crippen LogP contribution in [0.4, 0.5) is 0 Å². The van der Waals surface area contributed by atoms with Crippen LogP contribution in [0.5, 0.6) is 0 Å². The highest BCUT2D eigenvalue weighted by Crippen LogP contribution is 2.43. The molecule has 0 bridgehead atoms. The molecular formula is C12H22N5O7P. The second-order valence-corrected chi connectivity index (χ2v) is 6.98. The first kappa shape index (κ1) is 19.9. The molecule has 5 N–H and O–H groups in total. The van der Waals surface area contributed by atoms with Crippen LogP contribution in [0.15, 0.2) is 6.33 Å². The summed E-state index contributed by atoms with van der Waals surface area (Å²) in [5.41, 5.74) is 5.07. The van der Waals surface area contributed by atoms with Gasteiger partial charge in [0.25, 0.3) is 5.91 Å². The second-order valence-electron chi connectivity index (χ2n) is 5.15. The molecular weight excluding hydrogens is 357 g/mol. The maximum absolute atomic E-state index is 12.4. The van der Waals surface area contributed by atoms with Gasteiger partial charge < -0.3 is 20.7 Å². The minimum atomic E-state index is -3.54. The molecule has 0 radical (unpaired) electrons. The summed E-state index contributed by atoms with van der Waals surface area (Å²) in [4.78, 5) is 14.7. The number of hydrogen-bond acceptors (Lipinski definition) is 9. The van der Waals surface area contributed by atoms with Crippen LogP contribution in [-0.4, -0.2) is 69.0 Å². The van der Waals surface area contributed by atoms with Gasteiger partial charge in [-0.25, -0.2) is 19.3 Å². The summed E-state index contributed by atoms with van der Waals surface area (Å²) in [6.07, 6.45) is -3.48. The van der Waals surface area contributed by atoms with Crippen molar-refractivity contribution >= 4 is 13.7 Å². The van der Waals surface area contributed by atoms with Gasteiger partial charge in [0.05, 0.1) is 13.2 Å². The third-order valence-corrected chi connectivity index (χ3v) is 5.18. The van der Waals surface area contributed by atoms with Crippen molar-refractivity contribution < 1.29 is 33.4 Å². The Balaban J connectivity index is 2.03. The quantitative estimate of drug-likeness (QED) is 0.381. The summed E-state index contributed by atoms with van der Waals surface area (Å²) >= 11 is 0. The van der Waals surface area contributed by atoms with Crippen molar-refractivity contribution in [2.75, 3.05) is 19.8 Å². The average Bonchev–Trinajstić information content (AvgIpc) is 3.13. The molecule has 2 rings (SSSR count). The zero-order valence-electron chi connectivity index (χ0n) is 13.8. The Bertz CT molecular complexity index is 631. The van der Waals surface area contributed by atoms with Crippen LogP contribution >= 0.6 is 7.75 Å². The number of nitrogens with one attached hydrogen (secondary N) is 1. The van der Waals surface area contributed by atoms with E-state index in [0.717, 1.165) is 11.0 Å². The standard InChI is InChI=1S/C12H22N5O7P/c1-3-22-25(21,23-4-2)15-5-7-8(18)9(19)12(24-7)17-6-14-11(16-17)10(13)20/h6-9,12,18-19H,3-5H2,1-2H3,(H2,13,20)(H,15,21)/t7-,8-,9-,12-/m1/s1. The zero-order chi connectivity index (χ0) is 18.6. The Morgan fingerprint density at radius 2 is 2.04 bits per heavy atom. The highest BCUT2D eigenvalue weighted by molar-refractivity contribution is 7.51. The highest BCUT2D eigenvalue weighted by atomic mass is 31.2. The molecule has 1 saturated heterocycles. The molecule has 25 heavy (non-hydrogen) atoms. The summed E-state index contributed by atoms with van der Waals surface area (Å²) in [7, 11) is -3.54. The normalized spacial score (nSPS) is 26.9. The fourth-order valence-electron chi connectivity index (χ4n) is 2.30. The van der Waals surface area contributed by atoms with Gasteiger partial charge in [0.1, 0.15) is 24.6 Å². The number of rotatable bonds is 9. The Labute approximate surface area is 143 Å². The summed E-state index contributed by atoms with van der Waals surface area (Å²) in [6, 6.07) is 0. The van der Waals surface area contributed by atoms with E-state index >= 15 is 0 Å². The van der Waals surface area contributed by atoms with E-state index in [2.05, 4.69) is 15.2 Å². The van der Waals surface area contributed by atoms with Crippen LogP contribution in [0.2, 0.25) is 0 Å². The molecule has 142 valence electrons. The van der Waals surface area contributed by atoms with Crippen LogP contribution in [0.25, 0.3) is 0 Å². The third kappa shape index (κ3) is 4.61. The van der Waals surface area contributed by atoms with E-state index in [1.165, 1.54) is 0 Å². The van der Waals surface area contributed by atoms with Crippen LogP contribution in [-0.2, 0) is 18.3 Å². The number of primary amides is 1. The molecule has 4 atom stereocenters. The summed E-state index contributed by atoms with van der Waals surface area (Å²) < 4.78 is 29.1. The van der Waals surface area contributed by atoms with E-state index in [-0.39, 0.29) is 25.6 Å². The van der Waals surface area contributed by atoms with Gasteiger partial charge in [-0.3, -0.25) is 13.8 Å². The van der Waals surface area contributed by atoms with Gasteiger partial charge in [-0.05, 0) is 13.8 Å². The predicted molar refractivity (Wildman–Crippen MR) is 83.3 cm³/mol. The van der Waals surface area contributed by atoms with Gasteiger partial charge >= 0.3 is 7.75 Å². The first-order chi connectivity index (χ1) is 11.8. The largest absolute Gasteiger partial charge is 0.405 e. The minimum Gasteiger partial charge on any atom is -0.387 e. The number of amides is 1. The monoisotopic (exact) mass is 379 g/mol. The summed E-state index contributed by atoms with van der Waals surface area (Å²) in [5.74, 6) is -1.08. The van der Waals surface area contributed by atoms with E-state index in [4.69, 9.17) is 19.5 Å². The lowest BCUT2D eigenvalue weighted by molar-refractivity contribution is -0.0432. The van der Waals surface area contributed by atoms with Gasteiger partial charge in [-0.15, -0.1) is 5.10 Å². The second kappa shape index (κ2) is 8.32. The van der Waals surface area contributed by atoms with Gasteiger partial charge in [-0.2, -0.15) is 0 Å². The maximum atomic E-state index is 12.4. The number of aliphatic hydroxyl groups excluding tert-OH is 2. The molecule has 1 aliphatic heterocycles. The Morgan fingerprint density at radius 3 is 2.56 bits per heavy atom. The lowest BCUT2D eigenvalue weighted by atomic mass is 10.1. The fourth-order valence-corrected chi connectivity index (χ4v) is 3.64. The van der Waals surface area contributed by atoms with Gasteiger partial charge in [-0.1, -0.05) is 0 Å². The molecule has 0 aromatic carbocycles. The van der Waals surface area contributed by atoms with Crippen molar-refractivity contribution in [3.63, 3.8) is 0 Å². The lowest BCUT2D eigenvalue weighted by Crippen LogP contribution is -2.37. The fraction of sp³-hybridized carbons (Fsp3) is 0.750. The van der Waals surface area contributed by atoms with Crippen molar-refractivity contribution in [1.29, 1.82) is 0 Å². The molecule has 2 heterocycles. The van der Waals surface area contributed by atoms with Crippen molar-refractivity contribution in [3.05, 3.63) is 12.2 Å². The zero-order valence-corrected chi connectivity index (χ0v) is 14.7. The Kier molecular flexibility index (Phi) is 6.63. The van der Waals surface area contributed by atoms with Gasteiger partial charge in [0.15, 0.2) is 6.23 Å². The SMILES string of the molecule is CCOP(=O)(NC[C@H]1O[C@@H](n2cnc(C(N)=O)n2)[C@H](O)[C@@H]1O)OCC. The van der Waals surface area contributed by atoms with Crippen molar-refractivity contribution in [3.8, 4) is 0 Å². The topological polar surface area (TPSA) is 171 Å². The Morgan fingerprint density at radius 1 is 1.40 bits per heavy atom. The Hall–Kier alpha value is -1.40. The summed E-state index contributed by atoms with van der Waals surface area (Å²) in [5, 5.41) is 26.6. The molecule has 1 amide bonds. The molecule has 12 nitrogen and oxygen atoms in total. The van der Waals surface area contributed by atoms with Gasteiger partial charge in [0.2, 0.25) is 5.82 Å². The van der Waals surface area contributed by atoms with E-state index in [9.17, 15) is 19.6 Å². The molecule has 1 aromatic rings. The summed E-state index contributed by atoms with van der Waals surface area (Å²) in [6.45, 7) is 3.55. The molecule has 0 spiro atoms. The van der Waals surface area contributed by atoms with Gasteiger partial charge in [0, 0.05) is 6.54 Å². The highest BCUT2D eigenvalue weighted by Gasteiger charge is 2.45. The molecule has 1 fully saturated rings. The third-order valence-electron chi connectivity index (χ3n) is 3.41. The minimum absolute atomic E-state index is 0.108. The number of nitrogens with two attached hydrogens (primary N) is 1. The average molecular weight is 379 g/mol. The number of aromatic nitrogens is 3. The number of carbonyl (C=O) groups excluding carboxylic acids is 1. The lowest BCUT2D eigenvalue weighted by Gasteiger charge is -2.21. The molecule has 13 heteroatoms. The predicted octanol–water partition coefficient (Wildman–Crippen LogP) is -1.23. The van der Waals surface area contributed by atoms with E-state index in [1.54, 1.807) is 13.8 Å². The van der Waals surface area contributed by atoms with Crippen molar-refractivity contribution in [2.45, 2.75) is 38.4 Å². The first-order valence-electron chi connectivity index (χ1n) is 7.68. The van der Waals surface area contributed by atoms with Crippen LogP contribution in [0.1, 0.15) is 30.7 Å². The molecule has 1 aliphatic rings. The van der Waals surface area contributed by atoms with Crippen LogP contribution < -0.4 is 10.8 Å². The number of nitrogens with zero attached hydrogens (tertiary/aromatic N) is 3. The van der Waals surface area contributed by atoms with Crippen LogP contribution in [0.3, 0.4) is 0 Å². The molecule has 0 unspecified atom stereocenters. The van der Waals surface area contributed by atoms with Crippen molar-refractivity contribution in [2.24, 2.45) is 5.73 Å². The maximum Gasteiger partial charge on any atom is 0.405 e. The molecule has 0 saturated carbocycles. The first-order valence-corrected chi connectivity index (χ1v) is 9.22. The van der Waals surface area contributed by atoms with Crippen LogP contribution in [0, 0.1) is 0 Å². The molecule has 1 aromatic heterocycles. The van der Waals surface area contributed by atoms with Crippen molar-refractivity contribution in [1.82, 2.24) is 19.9 Å².